The molecule has 0 rings (SSSR count). The van der Waals surface area contributed by atoms with Crippen LogP contribution in [0.1, 0.15) is 239 Å². The van der Waals surface area contributed by atoms with Gasteiger partial charge in [-0.3, -0.25) is 9.59 Å². The highest BCUT2D eigenvalue weighted by Gasteiger charge is 2.17. The van der Waals surface area contributed by atoms with Gasteiger partial charge < -0.3 is 14.2 Å². The molecule has 0 bridgehead atoms. The van der Waals surface area contributed by atoms with E-state index in [0.29, 0.717) is 19.4 Å². The lowest BCUT2D eigenvalue weighted by Crippen LogP contribution is -2.30. The Bertz CT molecular complexity index is 1230. The largest absolute Gasteiger partial charge is 0.462 e. The normalized spacial score (nSPS) is 13.0. The van der Waals surface area contributed by atoms with E-state index in [1.165, 1.54) is 89.9 Å². The van der Waals surface area contributed by atoms with Crippen LogP contribution in [-0.4, -0.2) is 37.9 Å². The van der Waals surface area contributed by atoms with Gasteiger partial charge in [-0.25, -0.2) is 0 Å². The predicted octanol–water partition coefficient (Wildman–Crippen LogP) is 18.2. The summed E-state index contributed by atoms with van der Waals surface area (Å²) in [6, 6.07) is 0. The van der Waals surface area contributed by atoms with E-state index in [9.17, 15) is 9.59 Å². The molecule has 0 aromatic heterocycles. The van der Waals surface area contributed by atoms with Crippen molar-refractivity contribution in [1.29, 1.82) is 0 Å². The Hall–Kier alpha value is -3.18. The van der Waals surface area contributed by atoms with Crippen molar-refractivity contribution in [3.8, 4) is 0 Å². The van der Waals surface area contributed by atoms with Crippen molar-refractivity contribution in [2.24, 2.45) is 0 Å². The van der Waals surface area contributed by atoms with Crippen LogP contribution in [0.15, 0.2) is 97.2 Å². The summed E-state index contributed by atoms with van der Waals surface area (Å²) < 4.78 is 17.4. The van der Waals surface area contributed by atoms with Crippen molar-refractivity contribution in [3.05, 3.63) is 97.2 Å². The number of carbonyl (C=O) groups excluding carboxylic acids is 2. The molecule has 0 amide bonds. The van der Waals surface area contributed by atoms with Gasteiger partial charge in [-0.15, -0.1) is 0 Å². The van der Waals surface area contributed by atoms with Crippen molar-refractivity contribution >= 4 is 11.9 Å². The Kier molecular flexibility index (Phi) is 51.5. The average molecular weight is 889 g/mol. The van der Waals surface area contributed by atoms with Crippen LogP contribution < -0.4 is 0 Å². The van der Waals surface area contributed by atoms with Crippen LogP contribution in [0.25, 0.3) is 0 Å². The third-order valence-corrected chi connectivity index (χ3v) is 11.1. The molecule has 0 aromatic rings. The van der Waals surface area contributed by atoms with Gasteiger partial charge in [0.1, 0.15) is 6.61 Å². The first-order valence-corrected chi connectivity index (χ1v) is 26.8. The maximum atomic E-state index is 12.8. The molecule has 0 radical (unpaired) electrons. The van der Waals surface area contributed by atoms with Gasteiger partial charge in [-0.05, 0) is 96.3 Å². The number of allylic oxidation sites excluding steroid dienone is 16. The molecule has 0 aromatic carbocycles. The molecule has 0 saturated carbocycles. The zero-order chi connectivity index (χ0) is 46.3. The number of ether oxygens (including phenoxy) is 3. The zero-order valence-corrected chi connectivity index (χ0v) is 42.0. The average Bonchev–Trinajstić information content (AvgIpc) is 3.30. The lowest BCUT2D eigenvalue weighted by Gasteiger charge is -2.18. The molecule has 0 heterocycles. The molecule has 1 atom stereocenters. The first-order valence-electron chi connectivity index (χ1n) is 26.8. The van der Waals surface area contributed by atoms with Crippen LogP contribution in [-0.2, 0) is 23.8 Å². The van der Waals surface area contributed by atoms with Crippen molar-refractivity contribution in [3.63, 3.8) is 0 Å². The number of hydrogen-bond donors (Lipinski definition) is 0. The van der Waals surface area contributed by atoms with E-state index in [-0.39, 0.29) is 25.2 Å². The van der Waals surface area contributed by atoms with E-state index in [2.05, 4.69) is 118 Å². The van der Waals surface area contributed by atoms with E-state index < -0.39 is 6.10 Å². The summed E-state index contributed by atoms with van der Waals surface area (Å²) >= 11 is 0. The van der Waals surface area contributed by atoms with Crippen LogP contribution in [0.4, 0.5) is 0 Å². The maximum Gasteiger partial charge on any atom is 0.306 e. The Morgan fingerprint density at radius 2 is 0.703 bits per heavy atom. The third kappa shape index (κ3) is 51.5. The summed E-state index contributed by atoms with van der Waals surface area (Å²) in [4.78, 5) is 25.4. The standard InChI is InChI=1S/C59H100O5/c1-4-7-10-13-16-19-22-25-27-29-30-31-32-35-37-40-43-46-49-52-58(60)63-56-57(64-59(61)53-50-47-44-41-38-34-24-21-18-15-12-9-6-3)55-62-54-51-48-45-42-39-36-33-28-26-23-20-17-14-11-8-5-2/h7,9-10,12,16,18-19,21,25,27,30-31,34-35,37-38,57H,4-6,8,11,13-15,17,20,22-24,26,28-29,32-33,36,39-56H2,1-3H3/b10-7-,12-9-,19-16-,21-18-,27-25-,31-30-,37-35-,38-34-. The SMILES string of the molecule is CC/C=C\C/C=C\C/C=C\C/C=C\C/C=C\CCCCCC(=O)OCC(COCCCCCCCCCCCCCCCCCC)OC(=O)CCCCC/C=C\C/C=C\C/C=C\CC. The third-order valence-electron chi connectivity index (χ3n) is 11.1. The smallest absolute Gasteiger partial charge is 0.306 e. The first-order chi connectivity index (χ1) is 31.6. The van der Waals surface area contributed by atoms with Gasteiger partial charge in [0.05, 0.1) is 6.61 Å². The molecule has 0 fully saturated rings. The highest BCUT2D eigenvalue weighted by Crippen LogP contribution is 2.15. The molecule has 0 aliphatic rings. The summed E-state index contributed by atoms with van der Waals surface area (Å²) in [5, 5.41) is 0. The number of unbranched alkanes of at least 4 members (excludes halogenated alkanes) is 21. The zero-order valence-electron chi connectivity index (χ0n) is 42.0. The van der Waals surface area contributed by atoms with E-state index in [1.807, 2.05) is 0 Å². The lowest BCUT2D eigenvalue weighted by molar-refractivity contribution is -0.163. The quantitative estimate of drug-likeness (QED) is 0.0346. The molecule has 1 unspecified atom stereocenters. The Morgan fingerprint density at radius 3 is 1.11 bits per heavy atom. The van der Waals surface area contributed by atoms with Crippen LogP contribution >= 0.6 is 0 Å². The Morgan fingerprint density at radius 1 is 0.359 bits per heavy atom. The van der Waals surface area contributed by atoms with Gasteiger partial charge in [0.2, 0.25) is 0 Å². The van der Waals surface area contributed by atoms with Gasteiger partial charge in [0.25, 0.3) is 0 Å². The first kappa shape index (κ1) is 60.8. The number of esters is 2. The molecule has 0 saturated heterocycles. The minimum absolute atomic E-state index is 0.0533. The van der Waals surface area contributed by atoms with Crippen molar-refractivity contribution < 1.29 is 23.8 Å². The van der Waals surface area contributed by atoms with Crippen molar-refractivity contribution in [1.82, 2.24) is 0 Å². The number of rotatable bonds is 48. The van der Waals surface area contributed by atoms with Crippen molar-refractivity contribution in [2.45, 2.75) is 245 Å². The van der Waals surface area contributed by atoms with Crippen molar-refractivity contribution in [2.75, 3.05) is 19.8 Å². The molecule has 0 spiro atoms. The summed E-state index contributed by atoms with van der Waals surface area (Å²) in [6.07, 6.45) is 72.8. The van der Waals surface area contributed by atoms with Gasteiger partial charge >= 0.3 is 11.9 Å². The second-order valence-electron chi connectivity index (χ2n) is 17.4. The molecule has 0 N–H and O–H groups in total. The van der Waals surface area contributed by atoms with Crippen LogP contribution in [0.2, 0.25) is 0 Å². The Balaban J connectivity index is 4.35. The van der Waals surface area contributed by atoms with Crippen LogP contribution in [0.3, 0.4) is 0 Å². The summed E-state index contributed by atoms with van der Waals surface area (Å²) in [6.45, 7) is 7.55. The van der Waals surface area contributed by atoms with Gasteiger partial charge in [-0.2, -0.15) is 0 Å². The fraction of sp³-hybridized carbons (Fsp3) is 0.695. The lowest BCUT2D eigenvalue weighted by atomic mass is 10.0. The minimum atomic E-state index is -0.568. The topological polar surface area (TPSA) is 61.8 Å². The highest BCUT2D eigenvalue weighted by molar-refractivity contribution is 5.70. The molecule has 0 aliphatic heterocycles. The molecule has 5 heteroatoms. The number of carbonyl (C=O) groups is 2. The van der Waals surface area contributed by atoms with E-state index in [1.54, 1.807) is 0 Å². The predicted molar refractivity (Wildman–Crippen MR) is 279 cm³/mol. The second-order valence-corrected chi connectivity index (χ2v) is 17.4. The van der Waals surface area contributed by atoms with E-state index >= 15 is 0 Å². The maximum absolute atomic E-state index is 12.8. The molecule has 0 aliphatic carbocycles. The molecular weight excluding hydrogens is 789 g/mol. The Labute approximate surface area is 396 Å². The molecular formula is C59H100O5. The fourth-order valence-corrected chi connectivity index (χ4v) is 7.20. The molecule has 64 heavy (non-hydrogen) atoms. The molecule has 5 nitrogen and oxygen atoms in total. The fourth-order valence-electron chi connectivity index (χ4n) is 7.20. The van der Waals surface area contributed by atoms with E-state index in [0.717, 1.165) is 116 Å². The monoisotopic (exact) mass is 889 g/mol. The van der Waals surface area contributed by atoms with Crippen LogP contribution in [0, 0.1) is 0 Å². The highest BCUT2D eigenvalue weighted by atomic mass is 16.6. The summed E-state index contributed by atoms with van der Waals surface area (Å²) in [5.74, 6) is -0.467. The number of hydrogen-bond acceptors (Lipinski definition) is 5. The second kappa shape index (κ2) is 54.2. The minimum Gasteiger partial charge on any atom is -0.462 e. The van der Waals surface area contributed by atoms with Gasteiger partial charge in [0, 0.05) is 19.4 Å². The van der Waals surface area contributed by atoms with Gasteiger partial charge in [-0.1, -0.05) is 227 Å². The molecule has 366 valence electrons. The summed E-state index contributed by atoms with van der Waals surface area (Å²) in [7, 11) is 0. The van der Waals surface area contributed by atoms with E-state index in [4.69, 9.17) is 14.2 Å². The van der Waals surface area contributed by atoms with Gasteiger partial charge in [0.15, 0.2) is 6.10 Å². The van der Waals surface area contributed by atoms with Crippen LogP contribution in [0.5, 0.6) is 0 Å². The summed E-state index contributed by atoms with van der Waals surface area (Å²) in [5.41, 5.74) is 0.